The van der Waals surface area contributed by atoms with E-state index in [9.17, 15) is 4.79 Å². The lowest BCUT2D eigenvalue weighted by molar-refractivity contribution is 0.229. The fraction of sp³-hybridized carbons (Fsp3) is 0.364. The highest BCUT2D eigenvalue weighted by molar-refractivity contribution is 5.89. The molecule has 88 valence electrons. The SMILES string of the molecule is COc1ccc(NC(=O)N[C@@H](C)CO)cc1. The maximum atomic E-state index is 11.4. The van der Waals surface area contributed by atoms with Crippen LogP contribution in [0.4, 0.5) is 10.5 Å². The fourth-order valence-corrected chi connectivity index (χ4v) is 1.11. The van der Waals surface area contributed by atoms with Gasteiger partial charge in [0.15, 0.2) is 0 Å². The van der Waals surface area contributed by atoms with E-state index in [0.29, 0.717) is 5.69 Å². The molecule has 0 aliphatic rings. The average molecular weight is 224 g/mol. The molecule has 0 bridgehead atoms. The van der Waals surface area contributed by atoms with E-state index in [4.69, 9.17) is 9.84 Å². The molecule has 1 atom stereocenters. The molecule has 0 fully saturated rings. The van der Waals surface area contributed by atoms with Crippen molar-refractivity contribution >= 4 is 11.7 Å². The van der Waals surface area contributed by atoms with Crippen molar-refractivity contribution < 1.29 is 14.6 Å². The van der Waals surface area contributed by atoms with Gasteiger partial charge in [0.2, 0.25) is 0 Å². The summed E-state index contributed by atoms with van der Waals surface area (Å²) in [6.45, 7) is 1.63. The Hall–Kier alpha value is -1.75. The van der Waals surface area contributed by atoms with Crippen molar-refractivity contribution in [1.82, 2.24) is 5.32 Å². The summed E-state index contributed by atoms with van der Waals surface area (Å²) in [5, 5.41) is 14.0. The van der Waals surface area contributed by atoms with Gasteiger partial charge in [-0.2, -0.15) is 0 Å². The van der Waals surface area contributed by atoms with Crippen LogP contribution in [-0.4, -0.2) is 30.9 Å². The zero-order valence-electron chi connectivity index (χ0n) is 9.36. The van der Waals surface area contributed by atoms with Crippen molar-refractivity contribution in [2.45, 2.75) is 13.0 Å². The van der Waals surface area contributed by atoms with Crippen LogP contribution in [0.25, 0.3) is 0 Å². The molecule has 3 N–H and O–H groups in total. The number of methoxy groups -OCH3 is 1. The fourth-order valence-electron chi connectivity index (χ4n) is 1.11. The van der Waals surface area contributed by atoms with Gasteiger partial charge < -0.3 is 20.5 Å². The maximum Gasteiger partial charge on any atom is 0.319 e. The third-order valence-electron chi connectivity index (χ3n) is 2.00. The number of hydrogen-bond acceptors (Lipinski definition) is 3. The minimum absolute atomic E-state index is 0.0873. The molecule has 0 spiro atoms. The zero-order valence-corrected chi connectivity index (χ0v) is 9.36. The molecule has 0 heterocycles. The van der Waals surface area contributed by atoms with Crippen LogP contribution in [0.15, 0.2) is 24.3 Å². The van der Waals surface area contributed by atoms with Crippen molar-refractivity contribution in [2.24, 2.45) is 0 Å². The molecule has 0 aromatic heterocycles. The van der Waals surface area contributed by atoms with Gasteiger partial charge in [0.25, 0.3) is 0 Å². The second-order valence-corrected chi connectivity index (χ2v) is 3.41. The number of amides is 2. The standard InChI is InChI=1S/C11H16N2O3/c1-8(7-14)12-11(15)13-9-3-5-10(16-2)6-4-9/h3-6,8,14H,7H2,1-2H3,(H2,12,13,15)/t8-/m0/s1. The number of nitrogens with one attached hydrogen (secondary N) is 2. The third-order valence-corrected chi connectivity index (χ3v) is 2.00. The normalized spacial score (nSPS) is 11.7. The Bertz CT molecular complexity index is 338. The first-order chi connectivity index (χ1) is 7.65. The van der Waals surface area contributed by atoms with Gasteiger partial charge in [0, 0.05) is 5.69 Å². The number of carbonyl (C=O) groups excluding carboxylic acids is 1. The molecule has 0 saturated heterocycles. The summed E-state index contributed by atoms with van der Waals surface area (Å²) in [4.78, 5) is 11.4. The van der Waals surface area contributed by atoms with E-state index in [1.54, 1.807) is 38.3 Å². The number of urea groups is 1. The van der Waals surface area contributed by atoms with E-state index in [2.05, 4.69) is 10.6 Å². The van der Waals surface area contributed by atoms with Crippen molar-refractivity contribution in [3.05, 3.63) is 24.3 Å². The number of ether oxygens (including phenoxy) is 1. The first-order valence-electron chi connectivity index (χ1n) is 4.98. The Kier molecular flexibility index (Phi) is 4.60. The summed E-state index contributed by atoms with van der Waals surface area (Å²) in [6.07, 6.45) is 0. The van der Waals surface area contributed by atoms with Crippen LogP contribution in [0.3, 0.4) is 0 Å². The minimum Gasteiger partial charge on any atom is -0.497 e. The van der Waals surface area contributed by atoms with Gasteiger partial charge in [0.1, 0.15) is 5.75 Å². The average Bonchev–Trinajstić information content (AvgIpc) is 2.29. The molecule has 0 radical (unpaired) electrons. The smallest absolute Gasteiger partial charge is 0.319 e. The van der Waals surface area contributed by atoms with Crippen molar-refractivity contribution in [3.8, 4) is 5.75 Å². The minimum atomic E-state index is -0.341. The molecule has 5 heteroatoms. The van der Waals surface area contributed by atoms with Crippen LogP contribution < -0.4 is 15.4 Å². The molecule has 5 nitrogen and oxygen atoms in total. The maximum absolute atomic E-state index is 11.4. The Morgan fingerprint density at radius 3 is 2.56 bits per heavy atom. The van der Waals surface area contributed by atoms with Crippen LogP contribution in [0.5, 0.6) is 5.75 Å². The molecule has 1 aromatic rings. The largest absolute Gasteiger partial charge is 0.497 e. The van der Waals surface area contributed by atoms with Crippen molar-refractivity contribution in [1.29, 1.82) is 0 Å². The van der Waals surface area contributed by atoms with Gasteiger partial charge in [-0.3, -0.25) is 0 Å². The van der Waals surface area contributed by atoms with Gasteiger partial charge in [-0.05, 0) is 31.2 Å². The summed E-state index contributed by atoms with van der Waals surface area (Å²) in [7, 11) is 1.58. The topological polar surface area (TPSA) is 70.6 Å². The van der Waals surface area contributed by atoms with Crippen LogP contribution >= 0.6 is 0 Å². The number of carbonyl (C=O) groups is 1. The Balaban J connectivity index is 2.49. The summed E-state index contributed by atoms with van der Waals surface area (Å²) in [6, 6.07) is 6.38. The lowest BCUT2D eigenvalue weighted by Gasteiger charge is -2.12. The first-order valence-corrected chi connectivity index (χ1v) is 4.98. The quantitative estimate of drug-likeness (QED) is 0.719. The number of hydrogen-bond donors (Lipinski definition) is 3. The zero-order chi connectivity index (χ0) is 12.0. The Morgan fingerprint density at radius 2 is 2.06 bits per heavy atom. The molecular weight excluding hydrogens is 208 g/mol. The lowest BCUT2D eigenvalue weighted by atomic mass is 10.3. The highest BCUT2D eigenvalue weighted by Crippen LogP contribution is 2.14. The number of benzene rings is 1. The number of anilines is 1. The molecule has 0 aliphatic carbocycles. The second kappa shape index (κ2) is 5.97. The molecule has 1 rings (SSSR count). The summed E-state index contributed by atoms with van der Waals surface area (Å²) in [5.41, 5.74) is 0.670. The monoisotopic (exact) mass is 224 g/mol. The third kappa shape index (κ3) is 3.78. The van der Waals surface area contributed by atoms with Crippen molar-refractivity contribution in [2.75, 3.05) is 19.0 Å². The van der Waals surface area contributed by atoms with E-state index < -0.39 is 0 Å². The number of aliphatic hydroxyl groups is 1. The van der Waals surface area contributed by atoms with Crippen LogP contribution in [0, 0.1) is 0 Å². The van der Waals surface area contributed by atoms with E-state index in [1.165, 1.54) is 0 Å². The molecule has 16 heavy (non-hydrogen) atoms. The predicted molar refractivity (Wildman–Crippen MR) is 61.7 cm³/mol. The highest BCUT2D eigenvalue weighted by atomic mass is 16.5. The summed E-state index contributed by atoms with van der Waals surface area (Å²) < 4.78 is 4.99. The molecule has 0 unspecified atom stereocenters. The predicted octanol–water partition coefficient (Wildman–Crippen LogP) is 1.20. The van der Waals surface area contributed by atoms with Gasteiger partial charge in [-0.15, -0.1) is 0 Å². The van der Waals surface area contributed by atoms with E-state index in [1.807, 2.05) is 0 Å². The Morgan fingerprint density at radius 1 is 1.44 bits per heavy atom. The highest BCUT2D eigenvalue weighted by Gasteiger charge is 2.05. The van der Waals surface area contributed by atoms with Gasteiger partial charge in [-0.1, -0.05) is 0 Å². The van der Waals surface area contributed by atoms with E-state index >= 15 is 0 Å². The molecule has 0 aliphatic heterocycles. The lowest BCUT2D eigenvalue weighted by Crippen LogP contribution is -2.38. The van der Waals surface area contributed by atoms with E-state index in [-0.39, 0.29) is 18.7 Å². The molecule has 1 aromatic carbocycles. The van der Waals surface area contributed by atoms with Gasteiger partial charge in [-0.25, -0.2) is 4.79 Å². The van der Waals surface area contributed by atoms with Gasteiger partial charge >= 0.3 is 6.03 Å². The van der Waals surface area contributed by atoms with Crippen LogP contribution in [0.2, 0.25) is 0 Å². The molecule has 2 amide bonds. The van der Waals surface area contributed by atoms with Crippen LogP contribution in [0.1, 0.15) is 6.92 Å². The second-order valence-electron chi connectivity index (χ2n) is 3.41. The van der Waals surface area contributed by atoms with Crippen molar-refractivity contribution in [3.63, 3.8) is 0 Å². The summed E-state index contributed by atoms with van der Waals surface area (Å²) in [5.74, 6) is 0.731. The van der Waals surface area contributed by atoms with E-state index in [0.717, 1.165) is 5.75 Å². The number of aliphatic hydroxyl groups excluding tert-OH is 1. The molecule has 0 saturated carbocycles. The molecular formula is C11H16N2O3. The number of rotatable bonds is 4. The first kappa shape index (κ1) is 12.3. The van der Waals surface area contributed by atoms with Gasteiger partial charge in [0.05, 0.1) is 19.8 Å². The Labute approximate surface area is 94.4 Å². The van der Waals surface area contributed by atoms with Crippen LogP contribution in [-0.2, 0) is 0 Å². The summed E-state index contributed by atoms with van der Waals surface area (Å²) >= 11 is 0.